The summed E-state index contributed by atoms with van der Waals surface area (Å²) in [5.74, 6) is 0. The number of hydrogen-bond acceptors (Lipinski definition) is 7. The van der Waals surface area contributed by atoms with Gasteiger partial charge < -0.3 is 19.3 Å². The molecular weight excluding hydrogens is 428 g/mol. The van der Waals surface area contributed by atoms with Crippen molar-refractivity contribution >= 4 is 11.4 Å². The van der Waals surface area contributed by atoms with Crippen LogP contribution < -0.4 is 9.80 Å². The lowest BCUT2D eigenvalue weighted by atomic mass is 9.72. The van der Waals surface area contributed by atoms with E-state index in [1.165, 1.54) is 16.9 Å². The molecule has 6 rings (SSSR count). The number of hydrogen-bond donors (Lipinski definition) is 0. The molecule has 178 valence electrons. The van der Waals surface area contributed by atoms with E-state index in [4.69, 9.17) is 9.47 Å². The van der Waals surface area contributed by atoms with Gasteiger partial charge in [0, 0.05) is 54.5 Å². The molecule has 0 N–H and O–H groups in total. The first-order chi connectivity index (χ1) is 16.4. The number of nitrogens with zero attached hydrogens (tertiary/aromatic N) is 6. The Kier molecular flexibility index (Phi) is 5.11. The average molecular weight is 461 g/mol. The molecule has 1 spiro atoms. The fourth-order valence-electron chi connectivity index (χ4n) is 5.26. The maximum atomic E-state index is 5.84. The molecule has 3 saturated heterocycles. The number of pyridine rings is 1. The van der Waals surface area contributed by atoms with E-state index >= 15 is 0 Å². The molecule has 3 aliphatic rings. The Morgan fingerprint density at radius 1 is 1.00 bits per heavy atom. The molecule has 0 atom stereocenters. The van der Waals surface area contributed by atoms with Gasteiger partial charge in [-0.2, -0.15) is 0 Å². The highest BCUT2D eigenvalue weighted by atomic mass is 16.7. The molecule has 8 nitrogen and oxygen atoms in total. The number of aromatic nitrogens is 4. The van der Waals surface area contributed by atoms with Crippen LogP contribution in [0.4, 0.5) is 11.4 Å². The molecule has 0 aliphatic carbocycles. The first-order valence-corrected chi connectivity index (χ1v) is 12.0. The summed E-state index contributed by atoms with van der Waals surface area (Å²) in [5, 5.41) is 8.72. The average Bonchev–Trinajstić information content (AvgIpc) is 3.22. The Balaban J connectivity index is 1.06. The molecule has 3 aromatic rings. The second kappa shape index (κ2) is 8.06. The van der Waals surface area contributed by atoms with Crippen LogP contribution in [0.5, 0.6) is 0 Å². The number of anilines is 2. The van der Waals surface area contributed by atoms with Gasteiger partial charge in [0.25, 0.3) is 0 Å². The van der Waals surface area contributed by atoms with Crippen molar-refractivity contribution in [3.63, 3.8) is 0 Å². The molecule has 1 aromatic carbocycles. The van der Waals surface area contributed by atoms with Crippen LogP contribution in [-0.4, -0.2) is 65.7 Å². The van der Waals surface area contributed by atoms with Crippen molar-refractivity contribution in [1.82, 2.24) is 20.0 Å². The van der Waals surface area contributed by atoms with Gasteiger partial charge in [-0.15, -0.1) is 5.10 Å². The first kappa shape index (κ1) is 21.6. The maximum Gasteiger partial charge on any atom is 0.177 e. The van der Waals surface area contributed by atoms with E-state index in [1.54, 1.807) is 0 Å². The highest BCUT2D eigenvalue weighted by Crippen LogP contribution is 2.44. The van der Waals surface area contributed by atoms with Gasteiger partial charge in [-0.25, -0.2) is 4.68 Å². The van der Waals surface area contributed by atoms with E-state index in [-0.39, 0.29) is 11.7 Å². The van der Waals surface area contributed by atoms with Crippen molar-refractivity contribution in [2.75, 3.05) is 49.2 Å². The Hall–Kier alpha value is -2.97. The molecule has 2 aromatic heterocycles. The summed E-state index contributed by atoms with van der Waals surface area (Å²) in [6.45, 7) is 12.8. The third-order valence-corrected chi connectivity index (χ3v) is 7.16. The van der Waals surface area contributed by atoms with Crippen molar-refractivity contribution in [2.45, 2.75) is 33.6 Å². The molecule has 0 saturated carbocycles. The van der Waals surface area contributed by atoms with Gasteiger partial charge >= 0.3 is 0 Å². The van der Waals surface area contributed by atoms with Gasteiger partial charge in [0.1, 0.15) is 5.69 Å². The lowest BCUT2D eigenvalue weighted by Gasteiger charge is -2.61. The van der Waals surface area contributed by atoms with Crippen LogP contribution in [-0.2, 0) is 16.0 Å². The quantitative estimate of drug-likeness (QED) is 0.578. The minimum absolute atomic E-state index is 0.0659. The predicted molar refractivity (Wildman–Crippen MR) is 131 cm³/mol. The molecule has 8 heteroatoms. The second-order valence-corrected chi connectivity index (χ2v) is 11.0. The van der Waals surface area contributed by atoms with Gasteiger partial charge in [0.2, 0.25) is 0 Å². The van der Waals surface area contributed by atoms with Crippen molar-refractivity contribution in [1.29, 1.82) is 0 Å². The van der Waals surface area contributed by atoms with Crippen LogP contribution in [0.15, 0.2) is 48.9 Å². The third kappa shape index (κ3) is 4.05. The topological polar surface area (TPSA) is 68.5 Å². The fraction of sp³-hybridized carbons (Fsp3) is 0.500. The van der Waals surface area contributed by atoms with Gasteiger partial charge in [-0.05, 0) is 36.8 Å². The molecular formula is C26H32N6O2. The minimum Gasteiger partial charge on any atom is -0.370 e. The number of rotatable bonds is 5. The summed E-state index contributed by atoms with van der Waals surface area (Å²) in [6, 6.07) is 10.8. The van der Waals surface area contributed by atoms with Gasteiger partial charge in [-0.3, -0.25) is 4.98 Å². The number of aryl methyl sites for hydroxylation is 1. The minimum atomic E-state index is -0.273. The van der Waals surface area contributed by atoms with Gasteiger partial charge in [0.15, 0.2) is 6.29 Å². The fourth-order valence-corrected chi connectivity index (χ4v) is 5.26. The summed E-state index contributed by atoms with van der Waals surface area (Å²) in [5.41, 5.74) is 6.20. The van der Waals surface area contributed by atoms with Crippen LogP contribution in [0.3, 0.4) is 0 Å². The van der Waals surface area contributed by atoms with Gasteiger partial charge in [0.05, 0.1) is 37.8 Å². The smallest absolute Gasteiger partial charge is 0.177 e. The van der Waals surface area contributed by atoms with E-state index in [2.05, 4.69) is 70.1 Å². The zero-order valence-corrected chi connectivity index (χ0v) is 20.1. The molecule has 0 amide bonds. The van der Waals surface area contributed by atoms with Crippen molar-refractivity contribution in [3.05, 3.63) is 54.5 Å². The highest BCUT2D eigenvalue weighted by molar-refractivity contribution is 5.68. The monoisotopic (exact) mass is 460 g/mol. The van der Waals surface area contributed by atoms with Crippen LogP contribution in [0, 0.1) is 17.8 Å². The lowest BCUT2D eigenvalue weighted by molar-refractivity contribution is -0.227. The molecule has 3 fully saturated rings. The summed E-state index contributed by atoms with van der Waals surface area (Å²) >= 11 is 0. The van der Waals surface area contributed by atoms with Crippen molar-refractivity contribution < 1.29 is 9.47 Å². The number of benzene rings is 1. The summed E-state index contributed by atoms with van der Waals surface area (Å²) in [7, 11) is 0. The molecule has 0 unspecified atom stereocenters. The van der Waals surface area contributed by atoms with E-state index in [0.29, 0.717) is 25.2 Å². The molecule has 0 radical (unpaired) electrons. The Bertz CT molecular complexity index is 1150. The second-order valence-electron chi connectivity index (χ2n) is 11.0. The van der Waals surface area contributed by atoms with Crippen LogP contribution in [0.2, 0.25) is 0 Å². The molecule has 5 heterocycles. The largest absolute Gasteiger partial charge is 0.370 e. The predicted octanol–water partition coefficient (Wildman–Crippen LogP) is 3.37. The Labute approximate surface area is 200 Å². The van der Waals surface area contributed by atoms with E-state index in [9.17, 15) is 0 Å². The van der Waals surface area contributed by atoms with Crippen LogP contribution in [0.25, 0.3) is 11.3 Å². The lowest BCUT2D eigenvalue weighted by Crippen LogP contribution is -2.72. The summed E-state index contributed by atoms with van der Waals surface area (Å²) < 4.78 is 13.5. The summed E-state index contributed by atoms with van der Waals surface area (Å²) in [4.78, 5) is 9.15. The van der Waals surface area contributed by atoms with Crippen LogP contribution in [0.1, 0.15) is 19.4 Å². The van der Waals surface area contributed by atoms with E-state index in [1.807, 2.05) is 29.3 Å². The maximum absolute atomic E-state index is 5.84. The molecule has 3 aliphatic heterocycles. The Morgan fingerprint density at radius 3 is 2.41 bits per heavy atom. The van der Waals surface area contributed by atoms with Crippen LogP contribution >= 0.6 is 0 Å². The third-order valence-electron chi connectivity index (χ3n) is 7.16. The number of ether oxygens (including phenoxy) is 2. The molecule has 0 bridgehead atoms. The zero-order valence-electron chi connectivity index (χ0n) is 20.1. The van der Waals surface area contributed by atoms with E-state index in [0.717, 1.165) is 37.4 Å². The van der Waals surface area contributed by atoms with Crippen molar-refractivity contribution in [2.24, 2.45) is 10.8 Å². The van der Waals surface area contributed by atoms with Gasteiger partial charge in [-0.1, -0.05) is 25.1 Å². The standard InChI is InChI=1S/C26H32N6O2/c1-19-9-20(30-13-26(14-30)15-31(16-26)21-5-4-8-27-10-21)6-7-22(19)23-11-32(29-28-23)12-24-33-17-25(2,3)18-34-24/h4-11,24H,12-18H2,1-3H3. The summed E-state index contributed by atoms with van der Waals surface area (Å²) in [6.07, 6.45) is 5.49. The SMILES string of the molecule is Cc1cc(N2CC3(CN(c4cccnc4)C3)C2)ccc1-c1cn(CC2OCC(C)(C)CO2)nn1. The molecule has 34 heavy (non-hydrogen) atoms. The first-order valence-electron chi connectivity index (χ1n) is 12.0. The van der Waals surface area contributed by atoms with Crippen molar-refractivity contribution in [3.8, 4) is 11.3 Å². The Morgan fingerprint density at radius 2 is 1.74 bits per heavy atom. The zero-order chi connectivity index (χ0) is 23.3. The highest BCUT2D eigenvalue weighted by Gasteiger charge is 2.51. The van der Waals surface area contributed by atoms with E-state index < -0.39 is 0 Å². The normalized spacial score (nSPS) is 21.4.